The first-order chi connectivity index (χ1) is 8.51. The van der Waals surface area contributed by atoms with Crippen LogP contribution in [0.5, 0.6) is 0 Å². The SMILES string of the molecule is Cc1cc(C)c(CN)c(N2CC(C)SC(C)C2)n1. The van der Waals surface area contributed by atoms with E-state index in [1.165, 1.54) is 11.1 Å². The van der Waals surface area contributed by atoms with Crippen molar-refractivity contribution in [2.24, 2.45) is 5.73 Å². The molecule has 0 radical (unpaired) electrons. The Balaban J connectivity index is 2.37. The summed E-state index contributed by atoms with van der Waals surface area (Å²) in [5.74, 6) is 1.11. The van der Waals surface area contributed by atoms with Crippen LogP contribution in [0.1, 0.15) is 30.7 Å². The first kappa shape index (κ1) is 13.7. The Kier molecular flexibility index (Phi) is 4.17. The van der Waals surface area contributed by atoms with Crippen LogP contribution in [0.25, 0.3) is 0 Å². The van der Waals surface area contributed by atoms with Gasteiger partial charge in [-0.2, -0.15) is 11.8 Å². The Morgan fingerprint density at radius 2 is 1.94 bits per heavy atom. The van der Waals surface area contributed by atoms with Crippen LogP contribution in [0.3, 0.4) is 0 Å². The highest BCUT2D eigenvalue weighted by Crippen LogP contribution is 2.30. The van der Waals surface area contributed by atoms with Gasteiger partial charge >= 0.3 is 0 Å². The first-order valence-corrected chi connectivity index (χ1v) is 7.53. The van der Waals surface area contributed by atoms with Crippen LogP contribution in [-0.2, 0) is 6.54 Å². The van der Waals surface area contributed by atoms with E-state index in [2.05, 4.69) is 50.4 Å². The average Bonchev–Trinajstić information content (AvgIpc) is 2.26. The fourth-order valence-corrected chi connectivity index (χ4v) is 4.03. The molecule has 2 rings (SSSR count). The number of aromatic nitrogens is 1. The number of hydrogen-bond donors (Lipinski definition) is 1. The lowest BCUT2D eigenvalue weighted by molar-refractivity contribution is 0.711. The normalized spacial score (nSPS) is 24.4. The molecule has 1 aromatic rings. The number of aryl methyl sites for hydroxylation is 2. The van der Waals surface area contributed by atoms with Gasteiger partial charge in [0.25, 0.3) is 0 Å². The summed E-state index contributed by atoms with van der Waals surface area (Å²) in [6, 6.07) is 2.12. The summed E-state index contributed by atoms with van der Waals surface area (Å²) in [6.07, 6.45) is 0. The molecule has 0 bridgehead atoms. The number of anilines is 1. The molecule has 0 spiro atoms. The minimum Gasteiger partial charge on any atom is -0.354 e. The molecular weight excluding hydrogens is 242 g/mol. The summed E-state index contributed by atoms with van der Waals surface area (Å²) in [5.41, 5.74) is 9.45. The van der Waals surface area contributed by atoms with Crippen molar-refractivity contribution in [3.63, 3.8) is 0 Å². The zero-order valence-corrected chi connectivity index (χ0v) is 12.5. The van der Waals surface area contributed by atoms with E-state index in [1.54, 1.807) is 0 Å². The molecule has 4 heteroatoms. The molecule has 0 amide bonds. The predicted molar refractivity (Wildman–Crippen MR) is 80.3 cm³/mol. The van der Waals surface area contributed by atoms with Crippen LogP contribution in [0.2, 0.25) is 0 Å². The second kappa shape index (κ2) is 5.49. The van der Waals surface area contributed by atoms with E-state index < -0.39 is 0 Å². The average molecular weight is 265 g/mol. The van der Waals surface area contributed by atoms with Gasteiger partial charge < -0.3 is 10.6 Å². The molecule has 100 valence electrons. The topological polar surface area (TPSA) is 42.1 Å². The van der Waals surface area contributed by atoms with Gasteiger partial charge in [-0.05, 0) is 25.5 Å². The van der Waals surface area contributed by atoms with Crippen molar-refractivity contribution in [3.05, 3.63) is 22.9 Å². The minimum atomic E-state index is 0.570. The highest BCUT2D eigenvalue weighted by Gasteiger charge is 2.25. The molecule has 3 nitrogen and oxygen atoms in total. The quantitative estimate of drug-likeness (QED) is 0.892. The molecule has 0 aromatic carbocycles. The lowest BCUT2D eigenvalue weighted by Crippen LogP contribution is -2.41. The molecule has 0 aliphatic carbocycles. The molecule has 1 aromatic heterocycles. The van der Waals surface area contributed by atoms with Crippen molar-refractivity contribution in [1.29, 1.82) is 0 Å². The second-order valence-electron chi connectivity index (χ2n) is 5.25. The maximum absolute atomic E-state index is 5.91. The Hall–Kier alpha value is -0.740. The molecule has 18 heavy (non-hydrogen) atoms. The minimum absolute atomic E-state index is 0.570. The molecule has 1 fully saturated rings. The van der Waals surface area contributed by atoms with Crippen molar-refractivity contribution in [1.82, 2.24) is 4.98 Å². The van der Waals surface area contributed by atoms with Gasteiger partial charge in [0, 0.05) is 41.4 Å². The smallest absolute Gasteiger partial charge is 0.133 e. The van der Waals surface area contributed by atoms with Crippen LogP contribution < -0.4 is 10.6 Å². The molecule has 2 N–H and O–H groups in total. The van der Waals surface area contributed by atoms with Gasteiger partial charge in [0.05, 0.1) is 0 Å². The monoisotopic (exact) mass is 265 g/mol. The van der Waals surface area contributed by atoms with Crippen molar-refractivity contribution in [2.75, 3.05) is 18.0 Å². The molecular formula is C14H23N3S. The zero-order valence-electron chi connectivity index (χ0n) is 11.7. The number of rotatable bonds is 2. The number of thioether (sulfide) groups is 1. The van der Waals surface area contributed by atoms with Gasteiger partial charge in [-0.25, -0.2) is 4.98 Å². The Labute approximate surface area is 114 Å². The van der Waals surface area contributed by atoms with Gasteiger partial charge in [-0.3, -0.25) is 0 Å². The summed E-state index contributed by atoms with van der Waals surface area (Å²) in [5, 5.41) is 1.31. The third-order valence-electron chi connectivity index (χ3n) is 3.38. The fraction of sp³-hybridized carbons (Fsp3) is 0.643. The molecule has 0 saturated carbocycles. The Bertz CT molecular complexity index is 423. The standard InChI is InChI=1S/C14H23N3S/c1-9-5-10(2)16-14(13(9)6-15)17-7-11(3)18-12(4)8-17/h5,11-12H,6-8,15H2,1-4H3. The van der Waals surface area contributed by atoms with E-state index in [-0.39, 0.29) is 0 Å². The highest BCUT2D eigenvalue weighted by molar-refractivity contribution is 8.00. The van der Waals surface area contributed by atoms with Crippen LogP contribution in [0.4, 0.5) is 5.82 Å². The van der Waals surface area contributed by atoms with Gasteiger partial charge in [0.2, 0.25) is 0 Å². The highest BCUT2D eigenvalue weighted by atomic mass is 32.2. The van der Waals surface area contributed by atoms with Crippen molar-refractivity contribution < 1.29 is 0 Å². The third kappa shape index (κ3) is 2.81. The Morgan fingerprint density at radius 3 is 2.50 bits per heavy atom. The van der Waals surface area contributed by atoms with Crippen molar-refractivity contribution in [2.45, 2.75) is 44.7 Å². The molecule has 2 atom stereocenters. The van der Waals surface area contributed by atoms with Gasteiger partial charge in [0.1, 0.15) is 5.82 Å². The van der Waals surface area contributed by atoms with E-state index in [0.29, 0.717) is 17.0 Å². The molecule has 2 unspecified atom stereocenters. The van der Waals surface area contributed by atoms with Crippen LogP contribution in [0, 0.1) is 13.8 Å². The molecule has 1 aliphatic rings. The van der Waals surface area contributed by atoms with Gasteiger partial charge in [0.15, 0.2) is 0 Å². The largest absolute Gasteiger partial charge is 0.354 e. The van der Waals surface area contributed by atoms with E-state index in [4.69, 9.17) is 10.7 Å². The lowest BCUT2D eigenvalue weighted by Gasteiger charge is -2.36. The molecule has 2 heterocycles. The van der Waals surface area contributed by atoms with Crippen LogP contribution >= 0.6 is 11.8 Å². The lowest BCUT2D eigenvalue weighted by atomic mass is 10.1. The van der Waals surface area contributed by atoms with Crippen molar-refractivity contribution >= 4 is 17.6 Å². The number of hydrogen-bond acceptors (Lipinski definition) is 4. The molecule has 1 saturated heterocycles. The summed E-state index contributed by atoms with van der Waals surface area (Å²) < 4.78 is 0. The van der Waals surface area contributed by atoms with Gasteiger partial charge in [-0.15, -0.1) is 0 Å². The van der Waals surface area contributed by atoms with E-state index in [9.17, 15) is 0 Å². The summed E-state index contributed by atoms with van der Waals surface area (Å²) in [7, 11) is 0. The fourth-order valence-electron chi connectivity index (χ4n) is 2.71. The predicted octanol–water partition coefficient (Wildman–Crippen LogP) is 2.49. The molecule has 1 aliphatic heterocycles. The Morgan fingerprint density at radius 1 is 1.33 bits per heavy atom. The second-order valence-corrected chi connectivity index (χ2v) is 7.13. The van der Waals surface area contributed by atoms with Crippen LogP contribution in [-0.4, -0.2) is 28.6 Å². The first-order valence-electron chi connectivity index (χ1n) is 6.59. The van der Waals surface area contributed by atoms with E-state index in [0.717, 1.165) is 24.6 Å². The number of nitrogens with zero attached hydrogens (tertiary/aromatic N) is 2. The summed E-state index contributed by atoms with van der Waals surface area (Å²) in [4.78, 5) is 7.14. The van der Waals surface area contributed by atoms with Gasteiger partial charge in [-0.1, -0.05) is 13.8 Å². The number of nitrogens with two attached hydrogens (primary N) is 1. The van der Waals surface area contributed by atoms with E-state index in [1.807, 2.05) is 0 Å². The summed E-state index contributed by atoms with van der Waals surface area (Å²) >= 11 is 2.06. The maximum atomic E-state index is 5.91. The third-order valence-corrected chi connectivity index (χ3v) is 4.60. The number of pyridine rings is 1. The summed E-state index contributed by atoms with van der Waals surface area (Å²) in [6.45, 7) is 11.5. The zero-order chi connectivity index (χ0) is 13.3. The van der Waals surface area contributed by atoms with Crippen LogP contribution in [0.15, 0.2) is 6.07 Å². The van der Waals surface area contributed by atoms with E-state index >= 15 is 0 Å². The van der Waals surface area contributed by atoms with Crippen molar-refractivity contribution in [3.8, 4) is 0 Å². The maximum Gasteiger partial charge on any atom is 0.133 e.